The highest BCUT2D eigenvalue weighted by Crippen LogP contribution is 2.38. The van der Waals surface area contributed by atoms with E-state index in [1.165, 1.54) is 39.7 Å². The number of nitrogens with one attached hydrogen (secondary N) is 2. The van der Waals surface area contributed by atoms with Crippen LogP contribution in [-0.2, 0) is 0 Å². The molecule has 0 atom stereocenters. The van der Waals surface area contributed by atoms with Gasteiger partial charge in [-0.15, -0.1) is 0 Å². The first kappa shape index (κ1) is 29.3. The van der Waals surface area contributed by atoms with Gasteiger partial charge in [0.2, 0.25) is 5.75 Å². The van der Waals surface area contributed by atoms with Crippen molar-refractivity contribution >= 4 is 29.7 Å². The number of carbonyl (C=O) groups is 3. The minimum Gasteiger partial charge on any atom is -0.493 e. The van der Waals surface area contributed by atoms with Crippen LogP contribution < -0.4 is 29.7 Å². The van der Waals surface area contributed by atoms with Crippen LogP contribution in [0.15, 0.2) is 90.0 Å². The number of methoxy groups -OCH3 is 3. The number of nitrogens with zero attached hydrogens (tertiary/aromatic N) is 1. The molecule has 10 heteroatoms. The molecule has 0 bridgehead atoms. The van der Waals surface area contributed by atoms with Gasteiger partial charge in [-0.2, -0.15) is 5.10 Å². The Bertz CT molecular complexity index is 1620. The Morgan fingerprint density at radius 3 is 2.10 bits per heavy atom. The van der Waals surface area contributed by atoms with Gasteiger partial charge in [-0.3, -0.25) is 9.59 Å². The van der Waals surface area contributed by atoms with Gasteiger partial charge in [0.15, 0.2) is 11.5 Å². The molecule has 0 saturated carbocycles. The molecule has 0 spiro atoms. The average molecular weight is 568 g/mol. The fourth-order valence-electron chi connectivity index (χ4n) is 4.03. The minimum atomic E-state index is -0.669. The molecule has 42 heavy (non-hydrogen) atoms. The molecule has 2 N–H and O–H groups in total. The summed E-state index contributed by atoms with van der Waals surface area (Å²) in [6.45, 7) is 1.89. The quantitative estimate of drug-likeness (QED) is 0.116. The number of hydrazone groups is 1. The van der Waals surface area contributed by atoms with E-state index in [2.05, 4.69) is 15.8 Å². The normalized spacial score (nSPS) is 10.6. The largest absolute Gasteiger partial charge is 0.493 e. The Kier molecular flexibility index (Phi) is 9.52. The maximum absolute atomic E-state index is 13.0. The molecular weight excluding hydrogens is 538 g/mol. The van der Waals surface area contributed by atoms with Crippen molar-refractivity contribution in [2.75, 3.05) is 26.6 Å². The molecule has 0 fully saturated rings. The summed E-state index contributed by atoms with van der Waals surface area (Å²) in [6.07, 6.45) is 1.35. The van der Waals surface area contributed by atoms with Gasteiger partial charge in [0.1, 0.15) is 5.75 Å². The summed E-state index contributed by atoms with van der Waals surface area (Å²) < 4.78 is 21.5. The smallest absolute Gasteiger partial charge is 0.343 e. The monoisotopic (exact) mass is 567 g/mol. The van der Waals surface area contributed by atoms with E-state index in [0.29, 0.717) is 34.1 Å². The van der Waals surface area contributed by atoms with Crippen molar-refractivity contribution in [2.24, 2.45) is 5.10 Å². The Hall–Kier alpha value is -5.64. The molecule has 0 heterocycles. The van der Waals surface area contributed by atoms with Gasteiger partial charge in [-0.25, -0.2) is 10.2 Å². The second kappa shape index (κ2) is 13.6. The van der Waals surface area contributed by atoms with Gasteiger partial charge in [0, 0.05) is 11.1 Å². The Balaban J connectivity index is 1.47. The molecule has 0 radical (unpaired) electrons. The maximum atomic E-state index is 13.0. The lowest BCUT2D eigenvalue weighted by atomic mass is 10.1. The van der Waals surface area contributed by atoms with Crippen molar-refractivity contribution in [3.8, 4) is 23.0 Å². The van der Waals surface area contributed by atoms with Crippen molar-refractivity contribution in [1.29, 1.82) is 0 Å². The molecule has 2 amide bonds. The predicted molar refractivity (Wildman–Crippen MR) is 158 cm³/mol. The molecule has 4 rings (SSSR count). The van der Waals surface area contributed by atoms with Crippen LogP contribution in [0.5, 0.6) is 23.0 Å². The fraction of sp³-hybridized carbons (Fsp3) is 0.125. The third kappa shape index (κ3) is 6.92. The van der Waals surface area contributed by atoms with Crippen LogP contribution >= 0.6 is 0 Å². The summed E-state index contributed by atoms with van der Waals surface area (Å²) in [4.78, 5) is 38.7. The number of esters is 1. The van der Waals surface area contributed by atoms with Crippen LogP contribution in [0.25, 0.3) is 0 Å². The third-order valence-electron chi connectivity index (χ3n) is 6.09. The lowest BCUT2D eigenvalue weighted by Crippen LogP contribution is -2.21. The molecule has 4 aromatic carbocycles. The molecule has 4 aromatic rings. The SMILES string of the molecule is COc1cc(C(=O)Oc2ccccc2/C=N\NC(=O)c2ccccc2NC(=O)c2cccc(C)c2)cc(OC)c1OC. The number of amides is 2. The summed E-state index contributed by atoms with van der Waals surface area (Å²) in [5.74, 6) is -0.398. The Labute approximate surface area is 242 Å². The summed E-state index contributed by atoms with van der Waals surface area (Å²) in [6, 6.07) is 23.4. The second-order valence-electron chi connectivity index (χ2n) is 8.91. The standard InChI is InChI=1S/C32H29N3O7/c1-20-10-9-12-21(16-20)30(36)34-25-14-7-6-13-24(25)31(37)35-33-19-22-11-5-8-15-26(22)42-32(38)23-17-27(39-2)29(41-4)28(18-23)40-3/h5-19H,1-4H3,(H,34,36)(H,35,37)/b33-19-. The Morgan fingerprint density at radius 2 is 1.40 bits per heavy atom. The summed E-state index contributed by atoms with van der Waals surface area (Å²) >= 11 is 0. The van der Waals surface area contributed by atoms with Gasteiger partial charge in [-0.1, -0.05) is 42.0 Å². The number of carbonyl (C=O) groups excluding carboxylic acids is 3. The van der Waals surface area contributed by atoms with Crippen LogP contribution in [0.1, 0.15) is 42.2 Å². The molecule has 10 nitrogen and oxygen atoms in total. The van der Waals surface area contributed by atoms with Crippen molar-refractivity contribution < 1.29 is 33.3 Å². The number of benzene rings is 4. The summed E-state index contributed by atoms with van der Waals surface area (Å²) in [5.41, 5.74) is 5.03. The van der Waals surface area contributed by atoms with Gasteiger partial charge >= 0.3 is 5.97 Å². The molecule has 0 aliphatic heterocycles. The van der Waals surface area contributed by atoms with E-state index in [1.807, 2.05) is 13.0 Å². The van der Waals surface area contributed by atoms with E-state index in [-0.39, 0.29) is 22.8 Å². The van der Waals surface area contributed by atoms with Crippen molar-refractivity contribution in [3.05, 3.63) is 113 Å². The number of aryl methyl sites for hydroxylation is 1. The zero-order chi connectivity index (χ0) is 30.1. The van der Waals surface area contributed by atoms with E-state index in [4.69, 9.17) is 18.9 Å². The first-order valence-electron chi connectivity index (χ1n) is 12.8. The van der Waals surface area contributed by atoms with E-state index in [9.17, 15) is 14.4 Å². The number of ether oxygens (including phenoxy) is 4. The van der Waals surface area contributed by atoms with Crippen molar-refractivity contribution in [3.63, 3.8) is 0 Å². The fourth-order valence-corrected chi connectivity index (χ4v) is 4.03. The predicted octanol–water partition coefficient (Wildman–Crippen LogP) is 5.26. The Morgan fingerprint density at radius 1 is 0.714 bits per heavy atom. The van der Waals surface area contributed by atoms with Gasteiger partial charge in [-0.05, 0) is 55.5 Å². The highest BCUT2D eigenvalue weighted by atomic mass is 16.5. The first-order chi connectivity index (χ1) is 20.3. The highest BCUT2D eigenvalue weighted by molar-refractivity contribution is 6.09. The summed E-state index contributed by atoms with van der Waals surface area (Å²) in [5, 5.41) is 6.82. The number of para-hydroxylation sites is 2. The van der Waals surface area contributed by atoms with Crippen molar-refractivity contribution in [2.45, 2.75) is 6.92 Å². The van der Waals surface area contributed by atoms with Crippen LogP contribution in [0, 0.1) is 6.92 Å². The van der Waals surface area contributed by atoms with E-state index in [0.717, 1.165) is 5.56 Å². The average Bonchev–Trinajstić information content (AvgIpc) is 3.01. The zero-order valence-corrected chi connectivity index (χ0v) is 23.5. The van der Waals surface area contributed by atoms with Crippen LogP contribution in [-0.4, -0.2) is 45.3 Å². The van der Waals surface area contributed by atoms with E-state index >= 15 is 0 Å². The maximum Gasteiger partial charge on any atom is 0.343 e. The van der Waals surface area contributed by atoms with Gasteiger partial charge < -0.3 is 24.3 Å². The van der Waals surface area contributed by atoms with Gasteiger partial charge in [0.05, 0.1) is 44.4 Å². The highest BCUT2D eigenvalue weighted by Gasteiger charge is 2.19. The van der Waals surface area contributed by atoms with Crippen LogP contribution in [0.2, 0.25) is 0 Å². The first-order valence-corrected chi connectivity index (χ1v) is 12.8. The topological polar surface area (TPSA) is 125 Å². The minimum absolute atomic E-state index is 0.175. The number of hydrogen-bond acceptors (Lipinski definition) is 8. The number of anilines is 1. The molecule has 0 unspecified atom stereocenters. The van der Waals surface area contributed by atoms with Crippen LogP contribution in [0.3, 0.4) is 0 Å². The second-order valence-corrected chi connectivity index (χ2v) is 8.91. The molecule has 214 valence electrons. The third-order valence-corrected chi connectivity index (χ3v) is 6.09. The molecule has 0 aromatic heterocycles. The molecule has 0 aliphatic rings. The summed E-state index contributed by atoms with van der Waals surface area (Å²) in [7, 11) is 4.36. The molecule has 0 aliphatic carbocycles. The lowest BCUT2D eigenvalue weighted by Gasteiger charge is -2.14. The molecular formula is C32H29N3O7. The lowest BCUT2D eigenvalue weighted by molar-refractivity contribution is 0.0733. The van der Waals surface area contributed by atoms with E-state index in [1.54, 1.807) is 66.7 Å². The van der Waals surface area contributed by atoms with Gasteiger partial charge in [0.25, 0.3) is 11.8 Å². The van der Waals surface area contributed by atoms with E-state index < -0.39 is 11.9 Å². The van der Waals surface area contributed by atoms with Crippen LogP contribution in [0.4, 0.5) is 5.69 Å². The molecule has 0 saturated heterocycles. The van der Waals surface area contributed by atoms with Crippen molar-refractivity contribution in [1.82, 2.24) is 5.43 Å². The number of hydrogen-bond donors (Lipinski definition) is 2. The number of rotatable bonds is 10. The zero-order valence-electron chi connectivity index (χ0n) is 23.5.